The van der Waals surface area contributed by atoms with Gasteiger partial charge < -0.3 is 20.6 Å². The van der Waals surface area contributed by atoms with Crippen molar-refractivity contribution in [3.05, 3.63) is 0 Å². The van der Waals surface area contributed by atoms with E-state index in [1.54, 1.807) is 0 Å². The smallest absolute Gasteiger partial charge is 0.252 e. The van der Waals surface area contributed by atoms with Crippen molar-refractivity contribution >= 4 is 5.91 Å². The number of rotatable bonds is 1. The number of hydrogen-bond acceptors (Lipinski definition) is 4. The minimum absolute atomic E-state index is 0.357. The molecule has 5 nitrogen and oxygen atoms in total. The maximum absolute atomic E-state index is 10.5. The highest BCUT2D eigenvalue weighted by molar-refractivity contribution is 5.84. The molecule has 0 aromatic rings. The Morgan fingerprint density at radius 1 is 1.50 bits per heavy atom. The number of hydrogen-bond donors (Lipinski definition) is 4. The fourth-order valence-electron chi connectivity index (χ4n) is 0.882. The van der Waals surface area contributed by atoms with Crippen LogP contribution in [0.5, 0.6) is 0 Å². The van der Waals surface area contributed by atoms with Gasteiger partial charge in [0.2, 0.25) is 0 Å². The molecule has 0 bridgehead atoms. The van der Waals surface area contributed by atoms with Gasteiger partial charge in [-0.2, -0.15) is 0 Å². The number of nitrogens with one attached hydrogen (secondary N) is 1. The minimum atomic E-state index is -1.39. The molecular formula is C5H9NO4. The zero-order chi connectivity index (χ0) is 7.72. The van der Waals surface area contributed by atoms with E-state index < -0.39 is 24.2 Å². The SMILES string of the molecule is O=C1N[C@H](CO)[C@H](O)[C@@H]1O. The monoisotopic (exact) mass is 147 g/mol. The second-order valence-electron chi connectivity index (χ2n) is 2.23. The van der Waals surface area contributed by atoms with Gasteiger partial charge in [0.25, 0.3) is 5.91 Å². The molecule has 1 aliphatic heterocycles. The number of carbonyl (C=O) groups excluding carboxylic acids is 1. The van der Waals surface area contributed by atoms with E-state index in [-0.39, 0.29) is 6.61 Å². The van der Waals surface area contributed by atoms with Gasteiger partial charge in [-0.15, -0.1) is 0 Å². The molecule has 0 saturated carbocycles. The van der Waals surface area contributed by atoms with Crippen LogP contribution in [-0.2, 0) is 4.79 Å². The van der Waals surface area contributed by atoms with Crippen LogP contribution in [0, 0.1) is 0 Å². The number of amides is 1. The molecule has 1 heterocycles. The van der Waals surface area contributed by atoms with Crippen LogP contribution in [0.15, 0.2) is 0 Å². The third kappa shape index (κ3) is 0.985. The van der Waals surface area contributed by atoms with E-state index in [0.29, 0.717) is 0 Å². The minimum Gasteiger partial charge on any atom is -0.394 e. The second kappa shape index (κ2) is 2.53. The third-order valence-electron chi connectivity index (χ3n) is 1.53. The lowest BCUT2D eigenvalue weighted by molar-refractivity contribution is -0.128. The summed E-state index contributed by atoms with van der Waals surface area (Å²) in [7, 11) is 0. The largest absolute Gasteiger partial charge is 0.394 e. The first-order chi connectivity index (χ1) is 4.66. The number of aliphatic hydroxyl groups excluding tert-OH is 3. The van der Waals surface area contributed by atoms with E-state index in [4.69, 9.17) is 15.3 Å². The topological polar surface area (TPSA) is 89.8 Å². The first kappa shape index (κ1) is 7.46. The molecule has 0 aromatic carbocycles. The molecule has 0 unspecified atom stereocenters. The normalized spacial score (nSPS) is 39.9. The summed E-state index contributed by atoms with van der Waals surface area (Å²) in [6.45, 7) is -0.357. The van der Waals surface area contributed by atoms with Crippen LogP contribution >= 0.6 is 0 Å². The van der Waals surface area contributed by atoms with Crippen molar-refractivity contribution in [3.8, 4) is 0 Å². The Kier molecular flexibility index (Phi) is 1.89. The average molecular weight is 147 g/mol. The summed E-state index contributed by atoms with van der Waals surface area (Å²) in [6.07, 6.45) is -2.57. The van der Waals surface area contributed by atoms with Gasteiger partial charge in [0.1, 0.15) is 6.10 Å². The maximum Gasteiger partial charge on any atom is 0.252 e. The van der Waals surface area contributed by atoms with Crippen LogP contribution in [-0.4, -0.2) is 46.1 Å². The van der Waals surface area contributed by atoms with E-state index in [1.807, 2.05) is 0 Å². The lowest BCUT2D eigenvalue weighted by Crippen LogP contribution is -2.35. The van der Waals surface area contributed by atoms with Gasteiger partial charge in [0.05, 0.1) is 12.6 Å². The Hall–Kier alpha value is -0.650. The molecule has 58 valence electrons. The van der Waals surface area contributed by atoms with Gasteiger partial charge in [-0.05, 0) is 0 Å². The van der Waals surface area contributed by atoms with Crippen molar-refractivity contribution in [1.82, 2.24) is 5.32 Å². The maximum atomic E-state index is 10.5. The van der Waals surface area contributed by atoms with Gasteiger partial charge in [-0.3, -0.25) is 4.79 Å². The van der Waals surface area contributed by atoms with Crippen LogP contribution < -0.4 is 5.32 Å². The highest BCUT2D eigenvalue weighted by Crippen LogP contribution is 2.07. The molecule has 1 amide bonds. The molecule has 5 heteroatoms. The van der Waals surface area contributed by atoms with Gasteiger partial charge >= 0.3 is 0 Å². The highest BCUT2D eigenvalue weighted by atomic mass is 16.3. The Labute approximate surface area is 57.3 Å². The predicted octanol–water partition coefficient (Wildman–Crippen LogP) is -2.80. The third-order valence-corrected chi connectivity index (χ3v) is 1.53. The summed E-state index contributed by atoms with van der Waals surface area (Å²) >= 11 is 0. The zero-order valence-corrected chi connectivity index (χ0v) is 5.19. The summed E-state index contributed by atoms with van der Waals surface area (Å²) in [5, 5.41) is 28.4. The fourth-order valence-corrected chi connectivity index (χ4v) is 0.882. The summed E-state index contributed by atoms with van der Waals surface area (Å²) in [5.41, 5.74) is 0. The number of carbonyl (C=O) groups is 1. The van der Waals surface area contributed by atoms with Crippen LogP contribution in [0.25, 0.3) is 0 Å². The molecule has 1 saturated heterocycles. The van der Waals surface area contributed by atoms with Crippen molar-refractivity contribution < 1.29 is 20.1 Å². The van der Waals surface area contributed by atoms with Gasteiger partial charge in [0, 0.05) is 0 Å². The van der Waals surface area contributed by atoms with E-state index in [1.165, 1.54) is 0 Å². The molecule has 0 radical (unpaired) electrons. The average Bonchev–Trinajstić information content (AvgIpc) is 2.17. The molecule has 0 spiro atoms. The molecule has 1 aliphatic rings. The molecule has 1 fully saturated rings. The van der Waals surface area contributed by atoms with Crippen LogP contribution in [0.4, 0.5) is 0 Å². The van der Waals surface area contributed by atoms with Crippen LogP contribution in [0.1, 0.15) is 0 Å². The number of aliphatic hydroxyl groups is 3. The van der Waals surface area contributed by atoms with Crippen molar-refractivity contribution in [2.75, 3.05) is 6.61 Å². The molecule has 0 aromatic heterocycles. The van der Waals surface area contributed by atoms with Gasteiger partial charge in [-0.1, -0.05) is 0 Å². The van der Waals surface area contributed by atoms with Crippen molar-refractivity contribution in [3.63, 3.8) is 0 Å². The summed E-state index contributed by atoms with van der Waals surface area (Å²) in [4.78, 5) is 10.5. The molecule has 4 N–H and O–H groups in total. The van der Waals surface area contributed by atoms with Crippen molar-refractivity contribution in [2.45, 2.75) is 18.2 Å². The molecular weight excluding hydrogens is 138 g/mol. The molecule has 1 rings (SSSR count). The van der Waals surface area contributed by atoms with Crippen LogP contribution in [0.3, 0.4) is 0 Å². The molecule has 3 atom stereocenters. The van der Waals surface area contributed by atoms with E-state index in [9.17, 15) is 4.79 Å². The first-order valence-corrected chi connectivity index (χ1v) is 2.94. The first-order valence-electron chi connectivity index (χ1n) is 2.94. The van der Waals surface area contributed by atoms with Crippen LogP contribution in [0.2, 0.25) is 0 Å². The fraction of sp³-hybridized carbons (Fsp3) is 0.800. The molecule has 10 heavy (non-hydrogen) atoms. The molecule has 0 aliphatic carbocycles. The van der Waals surface area contributed by atoms with Crippen molar-refractivity contribution in [1.29, 1.82) is 0 Å². The second-order valence-corrected chi connectivity index (χ2v) is 2.23. The standard InChI is InChI=1S/C5H9NO4/c7-1-2-3(8)4(9)5(10)6-2/h2-4,7-9H,1H2,(H,6,10)/t2-,3+,4+/m1/s1. The zero-order valence-electron chi connectivity index (χ0n) is 5.19. The van der Waals surface area contributed by atoms with Crippen molar-refractivity contribution in [2.24, 2.45) is 0 Å². The Morgan fingerprint density at radius 2 is 2.10 bits per heavy atom. The lowest BCUT2D eigenvalue weighted by atomic mass is 10.1. The summed E-state index contributed by atoms with van der Waals surface area (Å²) in [6, 6.07) is -0.720. The Balaban J connectivity index is 2.61. The highest BCUT2D eigenvalue weighted by Gasteiger charge is 2.39. The Bertz CT molecular complexity index is 149. The van der Waals surface area contributed by atoms with E-state index >= 15 is 0 Å². The summed E-state index contributed by atoms with van der Waals surface area (Å²) in [5.74, 6) is -0.633. The van der Waals surface area contributed by atoms with E-state index in [0.717, 1.165) is 0 Å². The quantitative estimate of drug-likeness (QED) is 0.322. The lowest BCUT2D eigenvalue weighted by Gasteiger charge is -2.10. The predicted molar refractivity (Wildman–Crippen MR) is 31.0 cm³/mol. The van der Waals surface area contributed by atoms with E-state index in [2.05, 4.69) is 5.32 Å². The Morgan fingerprint density at radius 3 is 2.30 bits per heavy atom. The van der Waals surface area contributed by atoms with Gasteiger partial charge in [-0.25, -0.2) is 0 Å². The summed E-state index contributed by atoms with van der Waals surface area (Å²) < 4.78 is 0. The van der Waals surface area contributed by atoms with Gasteiger partial charge in [0.15, 0.2) is 6.10 Å².